The maximum atomic E-state index is 12.4. The van der Waals surface area contributed by atoms with E-state index in [4.69, 9.17) is 4.74 Å². The van der Waals surface area contributed by atoms with Crippen LogP contribution in [-0.4, -0.2) is 31.6 Å². The van der Waals surface area contributed by atoms with Crippen LogP contribution in [-0.2, 0) is 14.4 Å². The van der Waals surface area contributed by atoms with Gasteiger partial charge in [0.05, 0.1) is 11.5 Å². The van der Waals surface area contributed by atoms with Gasteiger partial charge in [0, 0.05) is 14.2 Å². The monoisotopic (exact) mass is 334 g/mol. The van der Waals surface area contributed by atoms with Crippen molar-refractivity contribution >= 4 is 17.9 Å². The molecular weight excluding hydrogens is 323 g/mol. The molecule has 11 heteroatoms. The van der Waals surface area contributed by atoms with E-state index in [-0.39, 0.29) is 22.6 Å². The van der Waals surface area contributed by atoms with Crippen molar-refractivity contribution in [1.29, 1.82) is 0 Å². The Morgan fingerprint density at radius 1 is 1.38 bits per heavy atom. The van der Waals surface area contributed by atoms with Crippen molar-refractivity contribution in [3.8, 4) is 5.88 Å². The van der Waals surface area contributed by atoms with Crippen LogP contribution in [0.25, 0.3) is 0 Å². The minimum absolute atomic E-state index is 0.0437. The third-order valence-corrected chi connectivity index (χ3v) is 4.76. The fourth-order valence-corrected chi connectivity index (χ4v) is 3.05. The van der Waals surface area contributed by atoms with E-state index >= 15 is 0 Å². The third-order valence-electron chi connectivity index (χ3n) is 2.41. The van der Waals surface area contributed by atoms with Crippen molar-refractivity contribution in [3.05, 3.63) is 30.3 Å². The van der Waals surface area contributed by atoms with Gasteiger partial charge in [0.2, 0.25) is 5.16 Å². The van der Waals surface area contributed by atoms with E-state index in [1.807, 2.05) is 0 Å². The van der Waals surface area contributed by atoms with Crippen molar-refractivity contribution in [2.45, 2.75) is 9.92 Å². The molecule has 9 nitrogen and oxygen atoms in total. The number of hydrogen-bond acceptors (Lipinski definition) is 8. The van der Waals surface area contributed by atoms with E-state index in [1.54, 1.807) is 6.07 Å². The molecular formula is C10H11N2O7PS. The maximum absolute atomic E-state index is 12.4. The molecule has 1 N–H and O–H groups in total. The Labute approximate surface area is 120 Å². The van der Waals surface area contributed by atoms with Crippen molar-refractivity contribution < 1.29 is 37.4 Å². The molecule has 0 saturated heterocycles. The second-order valence-electron chi connectivity index (χ2n) is 3.84. The summed E-state index contributed by atoms with van der Waals surface area (Å²) in [6.07, 6.45) is -0.284. The second kappa shape index (κ2) is 6.25. The Morgan fingerprint density at radius 2 is 2.05 bits per heavy atom. The highest BCUT2D eigenvalue weighted by Gasteiger charge is 2.39. The molecule has 1 aromatic heterocycles. The van der Waals surface area contributed by atoms with Gasteiger partial charge in [-0.05, 0) is 16.8 Å². The Balaban J connectivity index is 2.35. The summed E-state index contributed by atoms with van der Waals surface area (Å²) >= 11 is 0. The first kappa shape index (κ1) is 15.5. The molecule has 1 unspecified atom stereocenters. The molecule has 1 atom stereocenters. The van der Waals surface area contributed by atoms with Crippen molar-refractivity contribution in [2.24, 2.45) is 0 Å². The molecule has 0 amide bonds. The van der Waals surface area contributed by atoms with Gasteiger partial charge in [0.25, 0.3) is 9.84 Å². The molecule has 1 heterocycles. The highest BCUT2D eigenvalue weighted by Crippen LogP contribution is 2.24. The Morgan fingerprint density at radius 3 is 2.67 bits per heavy atom. The first-order valence-corrected chi connectivity index (χ1v) is 8.68. The second-order valence-corrected chi connectivity index (χ2v) is 6.95. The molecule has 0 aliphatic carbocycles. The zero-order valence-corrected chi connectivity index (χ0v) is 12.3. The number of benzene rings is 1. The fourth-order valence-electron chi connectivity index (χ4n) is 1.48. The zero-order valence-electron chi connectivity index (χ0n) is 10.5. The van der Waals surface area contributed by atoms with Gasteiger partial charge in [0.15, 0.2) is 4.90 Å². The summed E-state index contributed by atoms with van der Waals surface area (Å²) < 4.78 is 44.5. The quantitative estimate of drug-likeness (QED) is 0.538. The summed E-state index contributed by atoms with van der Waals surface area (Å²) in [6.45, 7) is -0.300. The molecule has 0 aliphatic heterocycles. The van der Waals surface area contributed by atoms with E-state index in [9.17, 15) is 23.1 Å². The van der Waals surface area contributed by atoms with Gasteiger partial charge in [0.1, 0.15) is 0 Å². The number of hydrogen-bond donors (Lipinski definition) is 1. The molecule has 21 heavy (non-hydrogen) atoms. The van der Waals surface area contributed by atoms with Gasteiger partial charge in [-0.25, -0.2) is 8.42 Å². The van der Waals surface area contributed by atoms with Crippen LogP contribution in [0.1, 0.15) is 0 Å². The molecule has 2 aromatic rings. The van der Waals surface area contributed by atoms with Crippen LogP contribution in [0.3, 0.4) is 0 Å². The van der Waals surface area contributed by atoms with Gasteiger partial charge >= 0.3 is 10.9 Å². The Hall–Kier alpha value is -1.90. The highest BCUT2D eigenvalue weighted by atomic mass is 32.2. The van der Waals surface area contributed by atoms with Crippen LogP contribution >= 0.6 is 8.03 Å². The van der Waals surface area contributed by atoms with Crippen molar-refractivity contribution in [2.75, 3.05) is 12.8 Å². The summed E-state index contributed by atoms with van der Waals surface area (Å²) in [7, 11) is -7.12. The average Bonchev–Trinajstić information content (AvgIpc) is 2.81. The Bertz CT molecular complexity index is 744. The molecule has 0 radical (unpaired) electrons. The lowest BCUT2D eigenvalue weighted by atomic mass is 10.4. The topological polar surface area (TPSA) is 134 Å². The molecule has 0 bridgehead atoms. The summed E-state index contributed by atoms with van der Waals surface area (Å²) in [4.78, 5) is 10.3. The van der Waals surface area contributed by atoms with Gasteiger partial charge in [-0.1, -0.05) is 18.2 Å². The Kier molecular flexibility index (Phi) is 4.61. The largest absolute Gasteiger partial charge is 0.802 e. The van der Waals surface area contributed by atoms with E-state index in [1.165, 1.54) is 24.3 Å². The van der Waals surface area contributed by atoms with Crippen LogP contribution in [0.15, 0.2) is 44.9 Å². The first-order chi connectivity index (χ1) is 9.93. The van der Waals surface area contributed by atoms with Crippen LogP contribution in [0.4, 0.5) is 0 Å². The van der Waals surface area contributed by atoms with E-state index < -0.39 is 28.8 Å². The van der Waals surface area contributed by atoms with Crippen LogP contribution in [0.5, 0.6) is 5.88 Å². The summed E-state index contributed by atoms with van der Waals surface area (Å²) in [5.41, 5.74) is 0. The van der Waals surface area contributed by atoms with Gasteiger partial charge < -0.3 is 19.4 Å². The minimum atomic E-state index is -4.12. The number of ether oxygens (including phenoxy) is 1. The molecule has 0 spiro atoms. The summed E-state index contributed by atoms with van der Waals surface area (Å²) in [5, 5.41) is 12.0. The van der Waals surface area contributed by atoms with E-state index in [2.05, 4.69) is 9.79 Å². The molecule has 114 valence electrons. The minimum Gasteiger partial charge on any atom is -0.802 e. The highest BCUT2D eigenvalue weighted by molar-refractivity contribution is 7.91. The lowest BCUT2D eigenvalue weighted by Crippen LogP contribution is -2.34. The molecule has 1 aromatic carbocycles. The smallest absolute Gasteiger partial charge is 0.445 e. The number of rotatable bonds is 6. The number of nitrogens with zero attached hydrogens (tertiary/aromatic N) is 2. The predicted octanol–water partition coefficient (Wildman–Crippen LogP) is -0.754. The lowest BCUT2D eigenvalue weighted by molar-refractivity contribution is -1.06. The average molecular weight is 334 g/mol. The normalized spacial score (nSPS) is 13.0. The van der Waals surface area contributed by atoms with E-state index in [0.29, 0.717) is 0 Å². The van der Waals surface area contributed by atoms with Crippen molar-refractivity contribution in [3.63, 3.8) is 0 Å². The van der Waals surface area contributed by atoms with Crippen molar-refractivity contribution in [1.82, 2.24) is 5.16 Å². The van der Waals surface area contributed by atoms with Gasteiger partial charge in [-0.2, -0.15) is 0 Å². The van der Waals surface area contributed by atoms with Crippen LogP contribution < -0.4 is 14.5 Å². The number of sulfone groups is 1. The lowest BCUT2D eigenvalue weighted by Gasteiger charge is -2.03. The molecule has 0 saturated carbocycles. The third kappa shape index (κ3) is 3.41. The maximum Gasteiger partial charge on any atom is 0.445 e. The standard InChI is InChI=1S/C10H11N2O7PS/c13-12-10(9(11-19-12)18-6-7-20(14)15)21(16,17)8-4-2-1-3-5-8/h1-5,20H,6-7H2,(H-,13,14,15). The van der Waals surface area contributed by atoms with Gasteiger partial charge in [-0.15, -0.1) is 0 Å². The van der Waals surface area contributed by atoms with Gasteiger partial charge in [-0.3, -0.25) is 0 Å². The molecule has 2 rings (SSSR count). The summed E-state index contributed by atoms with van der Waals surface area (Å²) in [6, 6.07) is 7.28. The predicted molar refractivity (Wildman–Crippen MR) is 65.1 cm³/mol. The van der Waals surface area contributed by atoms with E-state index in [0.717, 1.165) is 0 Å². The summed E-state index contributed by atoms with van der Waals surface area (Å²) in [5.74, 6) is -0.510. The molecule has 0 fully saturated rings. The van der Waals surface area contributed by atoms with Crippen LogP contribution in [0, 0.1) is 0 Å². The molecule has 0 aliphatic rings. The van der Waals surface area contributed by atoms with Crippen LogP contribution in [0.2, 0.25) is 0 Å². The fraction of sp³-hybridized carbons (Fsp3) is 0.200. The SMILES string of the molecule is O=[PH]([O-])CCOc1no[n+](O)c1S(=O)(=O)c1ccccc1. The zero-order chi connectivity index (χ0) is 15.5. The number of aromatic nitrogens is 2. The first-order valence-electron chi connectivity index (χ1n) is 5.67.